The lowest BCUT2D eigenvalue weighted by atomic mass is 10.0. The highest BCUT2D eigenvalue weighted by molar-refractivity contribution is 14.1. The van der Waals surface area contributed by atoms with Crippen molar-refractivity contribution in [2.45, 2.75) is 39.5 Å². The van der Waals surface area contributed by atoms with Crippen molar-refractivity contribution in [2.24, 2.45) is 0 Å². The number of hydrogen-bond donors (Lipinski definition) is 0. The summed E-state index contributed by atoms with van der Waals surface area (Å²) in [4.78, 5) is 0. The highest BCUT2D eigenvalue weighted by Gasteiger charge is 2.18. The molecule has 0 atom stereocenters. The van der Waals surface area contributed by atoms with E-state index in [9.17, 15) is 0 Å². The van der Waals surface area contributed by atoms with Crippen molar-refractivity contribution in [3.63, 3.8) is 0 Å². The van der Waals surface area contributed by atoms with E-state index in [1.54, 1.807) is 0 Å². The van der Waals surface area contributed by atoms with Crippen LogP contribution in [0.1, 0.15) is 50.7 Å². The average Bonchev–Trinajstić information content (AvgIpc) is 3.06. The second-order valence-electron chi connectivity index (χ2n) is 7.66. The van der Waals surface area contributed by atoms with Gasteiger partial charge in [-0.2, -0.15) is 0 Å². The molecule has 3 aromatic carbocycles. The third kappa shape index (κ3) is 3.22. The third-order valence-electron chi connectivity index (χ3n) is 5.15. The first-order valence-corrected chi connectivity index (χ1v) is 10.4. The molecular formula is C24H24INO. The van der Waals surface area contributed by atoms with Crippen molar-refractivity contribution in [2.75, 3.05) is 3.11 Å². The maximum absolute atomic E-state index is 6.43. The Morgan fingerprint density at radius 1 is 0.741 bits per heavy atom. The molecule has 0 spiro atoms. The first-order chi connectivity index (χ1) is 13.0. The van der Waals surface area contributed by atoms with Crippen LogP contribution in [0.2, 0.25) is 0 Å². The zero-order valence-corrected chi connectivity index (χ0v) is 18.3. The number of para-hydroxylation sites is 2. The Balaban J connectivity index is 1.86. The molecule has 0 aliphatic carbocycles. The topological polar surface area (TPSA) is 16.4 Å². The van der Waals surface area contributed by atoms with Gasteiger partial charge in [0.2, 0.25) is 0 Å². The zero-order chi connectivity index (χ0) is 19.1. The van der Waals surface area contributed by atoms with Gasteiger partial charge in [-0.3, -0.25) is 3.11 Å². The van der Waals surface area contributed by atoms with E-state index in [0.29, 0.717) is 11.8 Å². The lowest BCUT2D eigenvalue weighted by Crippen LogP contribution is -2.01. The quantitative estimate of drug-likeness (QED) is 0.221. The van der Waals surface area contributed by atoms with Crippen LogP contribution in [0.25, 0.3) is 21.9 Å². The van der Waals surface area contributed by atoms with Crippen molar-refractivity contribution in [3.05, 3.63) is 71.8 Å². The molecule has 0 bridgehead atoms. The Morgan fingerprint density at radius 2 is 1.37 bits per heavy atom. The van der Waals surface area contributed by atoms with Gasteiger partial charge in [0.25, 0.3) is 0 Å². The Labute approximate surface area is 174 Å². The number of furan rings is 1. The summed E-state index contributed by atoms with van der Waals surface area (Å²) in [6.45, 7) is 8.87. The summed E-state index contributed by atoms with van der Waals surface area (Å²) in [6, 6.07) is 21.6. The van der Waals surface area contributed by atoms with Crippen molar-refractivity contribution in [1.29, 1.82) is 0 Å². The van der Waals surface area contributed by atoms with Crippen LogP contribution in [0.3, 0.4) is 0 Å². The minimum absolute atomic E-state index is 0.428. The monoisotopic (exact) mass is 469 g/mol. The highest BCUT2D eigenvalue weighted by Crippen LogP contribution is 2.41. The van der Waals surface area contributed by atoms with Crippen LogP contribution in [0.15, 0.2) is 65.1 Å². The average molecular weight is 469 g/mol. The van der Waals surface area contributed by atoms with Gasteiger partial charge in [-0.15, -0.1) is 0 Å². The molecule has 0 saturated heterocycles. The summed E-state index contributed by atoms with van der Waals surface area (Å²) in [6.07, 6.45) is 0. The van der Waals surface area contributed by atoms with E-state index >= 15 is 0 Å². The van der Waals surface area contributed by atoms with Crippen LogP contribution in [0.5, 0.6) is 0 Å². The summed E-state index contributed by atoms with van der Waals surface area (Å²) in [7, 11) is 0. The number of hydrogen-bond acceptors (Lipinski definition) is 2. The maximum Gasteiger partial charge on any atom is 0.159 e. The fraction of sp³-hybridized carbons (Fsp3) is 0.250. The molecule has 4 rings (SSSR count). The van der Waals surface area contributed by atoms with Crippen LogP contribution in [0, 0.1) is 0 Å². The largest absolute Gasteiger partial charge is 0.454 e. The van der Waals surface area contributed by atoms with E-state index in [1.165, 1.54) is 21.9 Å². The van der Waals surface area contributed by atoms with Crippen molar-refractivity contribution >= 4 is 56.2 Å². The standard InChI is InChI=1S/C24H24INO/c1-15(2)17-11-13-18(14-12-17)26(25)22-10-6-9-21-20-8-5-7-19(16(3)4)23(20)27-24(21)22/h5-16H,1-4H3. The first kappa shape index (κ1) is 18.4. The Morgan fingerprint density at radius 3 is 2.00 bits per heavy atom. The fourth-order valence-electron chi connectivity index (χ4n) is 3.57. The molecule has 0 aliphatic heterocycles. The Bertz CT molecular complexity index is 1090. The van der Waals surface area contributed by atoms with E-state index in [4.69, 9.17) is 4.42 Å². The van der Waals surface area contributed by atoms with Crippen LogP contribution in [-0.4, -0.2) is 0 Å². The molecule has 0 N–H and O–H groups in total. The number of fused-ring (bicyclic) bond motifs is 3. The summed E-state index contributed by atoms with van der Waals surface area (Å²) < 4.78 is 8.62. The van der Waals surface area contributed by atoms with Gasteiger partial charge in [-0.25, -0.2) is 0 Å². The smallest absolute Gasteiger partial charge is 0.159 e. The van der Waals surface area contributed by atoms with Gasteiger partial charge < -0.3 is 4.42 Å². The van der Waals surface area contributed by atoms with Gasteiger partial charge in [0.15, 0.2) is 5.58 Å². The number of benzene rings is 3. The predicted octanol–water partition coefficient (Wildman–Crippen LogP) is 8.32. The lowest BCUT2D eigenvalue weighted by molar-refractivity contribution is 0.658. The second kappa shape index (κ2) is 7.19. The predicted molar refractivity (Wildman–Crippen MR) is 124 cm³/mol. The van der Waals surface area contributed by atoms with Crippen LogP contribution in [-0.2, 0) is 0 Å². The van der Waals surface area contributed by atoms with Gasteiger partial charge in [-0.05, 0) is 41.2 Å². The van der Waals surface area contributed by atoms with Crippen molar-refractivity contribution < 1.29 is 4.42 Å². The molecule has 0 aliphatic rings. The minimum Gasteiger partial charge on any atom is -0.454 e. The number of anilines is 2. The summed E-state index contributed by atoms with van der Waals surface area (Å²) in [5, 5.41) is 2.36. The van der Waals surface area contributed by atoms with E-state index in [1.807, 2.05) is 0 Å². The van der Waals surface area contributed by atoms with E-state index in [-0.39, 0.29) is 0 Å². The zero-order valence-electron chi connectivity index (χ0n) is 16.2. The van der Waals surface area contributed by atoms with Gasteiger partial charge in [0.05, 0.1) is 34.2 Å². The maximum atomic E-state index is 6.43. The van der Waals surface area contributed by atoms with E-state index < -0.39 is 0 Å². The number of nitrogens with zero attached hydrogens (tertiary/aromatic N) is 1. The van der Waals surface area contributed by atoms with Gasteiger partial charge in [-0.1, -0.05) is 70.2 Å². The summed E-state index contributed by atoms with van der Waals surface area (Å²) in [5.74, 6) is 0.965. The number of rotatable bonds is 4. The highest BCUT2D eigenvalue weighted by atomic mass is 127. The summed E-state index contributed by atoms with van der Waals surface area (Å²) in [5.41, 5.74) is 6.80. The van der Waals surface area contributed by atoms with E-state index in [2.05, 4.69) is 114 Å². The SMILES string of the molecule is CC(C)c1ccc(N(I)c2cccc3c2oc2c(C(C)C)cccc23)cc1. The molecule has 1 aromatic heterocycles. The fourth-order valence-corrected chi connectivity index (χ4v) is 4.27. The lowest BCUT2D eigenvalue weighted by Gasteiger charge is -2.18. The Kier molecular flexibility index (Phi) is 4.89. The molecule has 3 heteroatoms. The molecule has 1 heterocycles. The van der Waals surface area contributed by atoms with E-state index in [0.717, 1.165) is 22.5 Å². The molecule has 27 heavy (non-hydrogen) atoms. The van der Waals surface area contributed by atoms with Gasteiger partial charge in [0, 0.05) is 10.8 Å². The molecule has 0 radical (unpaired) electrons. The molecule has 4 aromatic rings. The van der Waals surface area contributed by atoms with Crippen LogP contribution in [0.4, 0.5) is 11.4 Å². The van der Waals surface area contributed by atoms with Crippen LogP contribution >= 0.6 is 22.9 Å². The number of halogens is 1. The molecule has 138 valence electrons. The minimum atomic E-state index is 0.428. The molecule has 0 fully saturated rings. The molecule has 0 saturated carbocycles. The van der Waals surface area contributed by atoms with Crippen molar-refractivity contribution in [1.82, 2.24) is 0 Å². The van der Waals surface area contributed by atoms with Gasteiger partial charge >= 0.3 is 0 Å². The normalized spacial score (nSPS) is 11.8. The van der Waals surface area contributed by atoms with Gasteiger partial charge in [0.1, 0.15) is 5.58 Å². The molecule has 2 nitrogen and oxygen atoms in total. The molecule has 0 unspecified atom stereocenters. The van der Waals surface area contributed by atoms with Crippen LogP contribution < -0.4 is 3.11 Å². The molecular weight excluding hydrogens is 445 g/mol. The Hall–Kier alpha value is -2.01. The molecule has 0 amide bonds. The third-order valence-corrected chi connectivity index (χ3v) is 6.23. The summed E-state index contributed by atoms with van der Waals surface area (Å²) >= 11 is 2.37. The first-order valence-electron chi connectivity index (χ1n) is 9.47. The van der Waals surface area contributed by atoms with Crippen molar-refractivity contribution in [3.8, 4) is 0 Å². The second-order valence-corrected chi connectivity index (χ2v) is 8.63.